The molecule has 0 fully saturated rings. The van der Waals surface area contributed by atoms with Crippen molar-refractivity contribution >= 4 is 39.1 Å². The molecule has 0 bridgehead atoms. The molecule has 0 saturated heterocycles. The summed E-state index contributed by atoms with van der Waals surface area (Å²) in [6.45, 7) is 0.604. The van der Waals surface area contributed by atoms with Crippen LogP contribution in [0.25, 0.3) is 0 Å². The van der Waals surface area contributed by atoms with Crippen molar-refractivity contribution in [2.24, 2.45) is 0 Å². The smallest absolute Gasteiger partial charge is 0.215 e. The van der Waals surface area contributed by atoms with E-state index >= 15 is 0 Å². The fourth-order valence-electron chi connectivity index (χ4n) is 2.31. The zero-order valence-electron chi connectivity index (χ0n) is 14.8. The first-order chi connectivity index (χ1) is 13.5. The Balaban J connectivity index is 1.42. The summed E-state index contributed by atoms with van der Waals surface area (Å²) in [7, 11) is -3.43. The number of hydrogen-bond acceptors (Lipinski definition) is 7. The van der Waals surface area contributed by atoms with Crippen molar-refractivity contribution in [1.82, 2.24) is 19.9 Å². The number of rotatable bonds is 9. The summed E-state index contributed by atoms with van der Waals surface area (Å²) in [5.41, 5.74) is 0.673. The molecule has 0 aliphatic heterocycles. The maximum atomic E-state index is 12.1. The Hall–Kier alpha value is -2.75. The van der Waals surface area contributed by atoms with Crippen LogP contribution in [0.15, 0.2) is 60.8 Å². The highest BCUT2D eigenvalue weighted by molar-refractivity contribution is 7.88. The molecule has 0 amide bonds. The van der Waals surface area contributed by atoms with Crippen LogP contribution in [0, 0.1) is 0 Å². The molecular formula is C18H19ClN6O2S. The fourth-order valence-corrected chi connectivity index (χ4v) is 3.58. The van der Waals surface area contributed by atoms with E-state index in [0.717, 1.165) is 0 Å². The molecule has 0 unspecified atom stereocenters. The second-order valence-corrected chi connectivity index (χ2v) is 8.09. The molecule has 1 aromatic carbocycles. The topological polar surface area (TPSA) is 109 Å². The summed E-state index contributed by atoms with van der Waals surface area (Å²) in [6.07, 6.45) is 1.68. The molecule has 0 radical (unpaired) electrons. The van der Waals surface area contributed by atoms with Crippen LogP contribution < -0.4 is 15.4 Å². The van der Waals surface area contributed by atoms with E-state index in [-0.39, 0.29) is 12.3 Å². The second-order valence-electron chi connectivity index (χ2n) is 5.85. The van der Waals surface area contributed by atoms with Gasteiger partial charge in [-0.05, 0) is 42.0 Å². The van der Waals surface area contributed by atoms with E-state index in [4.69, 9.17) is 11.6 Å². The van der Waals surface area contributed by atoms with Gasteiger partial charge in [0.2, 0.25) is 10.0 Å². The summed E-state index contributed by atoms with van der Waals surface area (Å²) in [5, 5.41) is 14.7. The molecule has 10 heteroatoms. The summed E-state index contributed by atoms with van der Waals surface area (Å²) in [6, 6.07) is 15.7. The first kappa shape index (κ1) is 20.0. The van der Waals surface area contributed by atoms with Gasteiger partial charge in [-0.3, -0.25) is 0 Å². The molecule has 0 spiro atoms. The van der Waals surface area contributed by atoms with E-state index in [1.807, 2.05) is 18.2 Å². The highest BCUT2D eigenvalue weighted by Gasteiger charge is 2.10. The van der Waals surface area contributed by atoms with Crippen LogP contribution in [0.2, 0.25) is 5.02 Å². The molecule has 2 aromatic heterocycles. The Morgan fingerprint density at radius 3 is 2.29 bits per heavy atom. The number of nitrogens with zero attached hydrogens (tertiary/aromatic N) is 3. The Kier molecular flexibility index (Phi) is 6.75. The van der Waals surface area contributed by atoms with Gasteiger partial charge in [0.05, 0.1) is 5.75 Å². The number of nitrogens with one attached hydrogen (secondary N) is 3. The highest BCUT2D eigenvalue weighted by atomic mass is 35.5. The first-order valence-corrected chi connectivity index (χ1v) is 10.5. The van der Waals surface area contributed by atoms with Gasteiger partial charge in [0, 0.05) is 24.3 Å². The van der Waals surface area contributed by atoms with Crippen LogP contribution in [0.3, 0.4) is 0 Å². The summed E-state index contributed by atoms with van der Waals surface area (Å²) in [5.74, 6) is 1.68. The number of anilines is 3. The molecule has 146 valence electrons. The van der Waals surface area contributed by atoms with E-state index in [1.165, 1.54) is 0 Å². The van der Waals surface area contributed by atoms with Crippen molar-refractivity contribution in [3.8, 4) is 0 Å². The van der Waals surface area contributed by atoms with Gasteiger partial charge in [-0.25, -0.2) is 18.1 Å². The molecule has 8 nitrogen and oxygen atoms in total. The van der Waals surface area contributed by atoms with Gasteiger partial charge >= 0.3 is 0 Å². The number of halogens is 1. The minimum Gasteiger partial charge on any atom is -0.367 e. The lowest BCUT2D eigenvalue weighted by Crippen LogP contribution is -2.30. The number of pyridine rings is 1. The first-order valence-electron chi connectivity index (χ1n) is 8.48. The zero-order chi connectivity index (χ0) is 19.8. The minimum atomic E-state index is -3.43. The number of benzene rings is 1. The summed E-state index contributed by atoms with van der Waals surface area (Å²) >= 11 is 5.80. The normalized spacial score (nSPS) is 11.2. The van der Waals surface area contributed by atoms with Crippen molar-refractivity contribution in [3.63, 3.8) is 0 Å². The van der Waals surface area contributed by atoms with Gasteiger partial charge in [-0.2, -0.15) is 0 Å². The van der Waals surface area contributed by atoms with E-state index in [9.17, 15) is 8.42 Å². The molecule has 3 rings (SSSR count). The number of aromatic nitrogens is 3. The van der Waals surface area contributed by atoms with E-state index < -0.39 is 10.0 Å². The highest BCUT2D eigenvalue weighted by Crippen LogP contribution is 2.12. The Morgan fingerprint density at radius 2 is 1.61 bits per heavy atom. The van der Waals surface area contributed by atoms with Crippen molar-refractivity contribution < 1.29 is 8.42 Å². The van der Waals surface area contributed by atoms with Crippen LogP contribution in [0.5, 0.6) is 0 Å². The fraction of sp³-hybridized carbons (Fsp3) is 0.167. The van der Waals surface area contributed by atoms with Gasteiger partial charge in [-0.1, -0.05) is 29.8 Å². The predicted molar refractivity (Wildman–Crippen MR) is 110 cm³/mol. The van der Waals surface area contributed by atoms with Crippen LogP contribution >= 0.6 is 11.6 Å². The molecule has 2 heterocycles. The maximum absolute atomic E-state index is 12.1. The molecule has 0 atom stereocenters. The monoisotopic (exact) mass is 418 g/mol. The quantitative estimate of drug-likeness (QED) is 0.458. The molecular weight excluding hydrogens is 400 g/mol. The van der Waals surface area contributed by atoms with Gasteiger partial charge in [0.1, 0.15) is 11.6 Å². The zero-order valence-corrected chi connectivity index (χ0v) is 16.4. The Morgan fingerprint density at radius 1 is 0.857 bits per heavy atom. The number of hydrogen-bond donors (Lipinski definition) is 3. The van der Waals surface area contributed by atoms with Crippen LogP contribution in [-0.4, -0.2) is 36.7 Å². The Bertz CT molecular complexity index is 983. The third-order valence-electron chi connectivity index (χ3n) is 3.61. The average molecular weight is 419 g/mol. The molecule has 0 aliphatic rings. The van der Waals surface area contributed by atoms with Crippen LogP contribution in [0.1, 0.15) is 5.56 Å². The SMILES string of the molecule is O=S(=O)(Cc1ccc(Cl)cc1)NCCNc1ccc(Nc2ccccn2)nn1. The standard InChI is InChI=1S/C18H19ClN6O2S/c19-15-6-4-14(5-7-15)13-28(26,27)22-12-11-21-17-8-9-18(25-24-17)23-16-3-1-2-10-20-16/h1-10,22H,11-13H2,(H,21,24)(H,20,23,25). The lowest BCUT2D eigenvalue weighted by molar-refractivity contribution is 0.582. The summed E-state index contributed by atoms with van der Waals surface area (Å²) in [4.78, 5) is 4.15. The summed E-state index contributed by atoms with van der Waals surface area (Å²) < 4.78 is 26.7. The molecule has 28 heavy (non-hydrogen) atoms. The number of sulfonamides is 1. The minimum absolute atomic E-state index is 0.0993. The molecule has 0 aliphatic carbocycles. The van der Waals surface area contributed by atoms with Gasteiger partial charge in [-0.15, -0.1) is 10.2 Å². The molecule has 3 aromatic rings. The second kappa shape index (κ2) is 9.45. The Labute approximate surface area is 168 Å². The van der Waals surface area contributed by atoms with Crippen molar-refractivity contribution in [3.05, 3.63) is 71.4 Å². The van der Waals surface area contributed by atoms with E-state index in [0.29, 0.717) is 34.6 Å². The lowest BCUT2D eigenvalue weighted by Gasteiger charge is -2.09. The third kappa shape index (κ3) is 6.45. The van der Waals surface area contributed by atoms with Gasteiger partial charge < -0.3 is 10.6 Å². The molecule has 3 N–H and O–H groups in total. The lowest BCUT2D eigenvalue weighted by atomic mass is 10.2. The average Bonchev–Trinajstić information content (AvgIpc) is 2.69. The molecule has 0 saturated carbocycles. The van der Waals surface area contributed by atoms with Crippen molar-refractivity contribution in [2.75, 3.05) is 23.7 Å². The van der Waals surface area contributed by atoms with Gasteiger partial charge in [0.15, 0.2) is 5.82 Å². The predicted octanol–water partition coefficient (Wildman–Crippen LogP) is 2.80. The van der Waals surface area contributed by atoms with Crippen LogP contribution in [0.4, 0.5) is 17.5 Å². The van der Waals surface area contributed by atoms with E-state index in [2.05, 4.69) is 30.5 Å². The van der Waals surface area contributed by atoms with Crippen molar-refractivity contribution in [2.45, 2.75) is 5.75 Å². The van der Waals surface area contributed by atoms with Gasteiger partial charge in [0.25, 0.3) is 0 Å². The maximum Gasteiger partial charge on any atom is 0.215 e. The largest absolute Gasteiger partial charge is 0.367 e. The van der Waals surface area contributed by atoms with E-state index in [1.54, 1.807) is 42.6 Å². The van der Waals surface area contributed by atoms with Crippen molar-refractivity contribution in [1.29, 1.82) is 0 Å². The van der Waals surface area contributed by atoms with Crippen LogP contribution in [-0.2, 0) is 15.8 Å². The third-order valence-corrected chi connectivity index (χ3v) is 5.22.